The number of anilines is 1. The van der Waals surface area contributed by atoms with E-state index in [1.165, 1.54) is 28.6 Å². The number of hydrogen-bond acceptors (Lipinski definition) is 7. The van der Waals surface area contributed by atoms with Gasteiger partial charge in [-0.05, 0) is 66.7 Å². The molecule has 3 aromatic carbocycles. The van der Waals surface area contributed by atoms with Crippen molar-refractivity contribution in [2.24, 2.45) is 0 Å². The lowest BCUT2D eigenvalue weighted by molar-refractivity contribution is -0.137. The number of benzene rings is 3. The van der Waals surface area contributed by atoms with Crippen molar-refractivity contribution in [2.45, 2.75) is 36.6 Å². The minimum atomic E-state index is -4.61. The summed E-state index contributed by atoms with van der Waals surface area (Å²) in [6.45, 7) is 4.04. The monoisotopic (exact) mass is 758 g/mol. The Morgan fingerprint density at radius 2 is 1.65 bits per heavy atom. The van der Waals surface area contributed by atoms with Crippen LogP contribution in [-0.2, 0) is 27.5 Å². The van der Waals surface area contributed by atoms with Crippen molar-refractivity contribution in [1.29, 1.82) is 0 Å². The van der Waals surface area contributed by atoms with Crippen LogP contribution in [0, 0.1) is 0 Å². The molecular formula is C29H27BrClF3N6O4S2. The molecule has 1 heterocycles. The molecule has 0 bridgehead atoms. The maximum Gasteiger partial charge on any atom is 0.416 e. The predicted molar refractivity (Wildman–Crippen MR) is 173 cm³/mol. The van der Waals surface area contributed by atoms with Crippen molar-refractivity contribution in [3.8, 4) is 5.69 Å². The summed E-state index contributed by atoms with van der Waals surface area (Å²) >= 11 is 10.4. The lowest BCUT2D eigenvalue weighted by Gasteiger charge is -2.18. The molecule has 0 atom stereocenters. The van der Waals surface area contributed by atoms with Gasteiger partial charge in [-0.15, -0.1) is 10.2 Å². The highest BCUT2D eigenvalue weighted by Gasteiger charge is 2.31. The van der Waals surface area contributed by atoms with E-state index in [0.29, 0.717) is 24.6 Å². The predicted octanol–water partition coefficient (Wildman–Crippen LogP) is 6.39. The zero-order chi connectivity index (χ0) is 33.6. The van der Waals surface area contributed by atoms with E-state index in [4.69, 9.17) is 11.6 Å². The Hall–Kier alpha value is -3.44. The molecule has 17 heteroatoms. The fourth-order valence-electron chi connectivity index (χ4n) is 4.22. The number of carbonyl (C=O) groups excluding carboxylic acids is 2. The van der Waals surface area contributed by atoms with E-state index in [1.54, 1.807) is 42.7 Å². The maximum absolute atomic E-state index is 13.1. The smallest absolute Gasteiger partial charge is 0.345 e. The molecule has 2 amide bonds. The van der Waals surface area contributed by atoms with Gasteiger partial charge in [0, 0.05) is 28.8 Å². The normalized spacial score (nSPS) is 11.9. The van der Waals surface area contributed by atoms with E-state index < -0.39 is 33.6 Å². The molecule has 0 saturated heterocycles. The van der Waals surface area contributed by atoms with Crippen LogP contribution < -0.4 is 10.6 Å². The van der Waals surface area contributed by atoms with Gasteiger partial charge in [-0.25, -0.2) is 8.42 Å². The molecule has 1 aromatic heterocycles. The number of hydrogen-bond donors (Lipinski definition) is 2. The van der Waals surface area contributed by atoms with E-state index in [1.807, 2.05) is 0 Å². The Labute approximate surface area is 280 Å². The minimum absolute atomic E-state index is 0.0532. The van der Waals surface area contributed by atoms with Crippen molar-refractivity contribution in [1.82, 2.24) is 24.4 Å². The molecule has 0 aliphatic heterocycles. The number of aromatic nitrogens is 3. The molecule has 4 aromatic rings. The molecule has 0 saturated carbocycles. The summed E-state index contributed by atoms with van der Waals surface area (Å²) in [7, 11) is -3.68. The van der Waals surface area contributed by atoms with Crippen molar-refractivity contribution < 1.29 is 31.2 Å². The van der Waals surface area contributed by atoms with Gasteiger partial charge >= 0.3 is 6.18 Å². The highest BCUT2D eigenvalue weighted by atomic mass is 79.9. The third-order valence-electron chi connectivity index (χ3n) is 6.55. The minimum Gasteiger partial charge on any atom is -0.345 e. The largest absolute Gasteiger partial charge is 0.416 e. The molecular weight excluding hydrogens is 733 g/mol. The van der Waals surface area contributed by atoms with Crippen LogP contribution >= 0.6 is 39.3 Å². The highest BCUT2D eigenvalue weighted by molar-refractivity contribution is 9.10. The molecule has 2 N–H and O–H groups in total. The number of sulfonamides is 1. The molecule has 0 spiro atoms. The van der Waals surface area contributed by atoms with E-state index in [9.17, 15) is 31.2 Å². The zero-order valence-electron chi connectivity index (χ0n) is 24.3. The molecule has 0 radical (unpaired) electrons. The number of thioether (sulfide) groups is 1. The fourth-order valence-corrected chi connectivity index (χ4v) is 6.88. The van der Waals surface area contributed by atoms with Crippen LogP contribution in [0.15, 0.2) is 81.3 Å². The van der Waals surface area contributed by atoms with Gasteiger partial charge in [0.1, 0.15) is 0 Å². The van der Waals surface area contributed by atoms with E-state index in [-0.39, 0.29) is 38.6 Å². The number of nitrogens with one attached hydrogen (secondary N) is 2. The van der Waals surface area contributed by atoms with E-state index in [2.05, 4.69) is 36.8 Å². The molecule has 244 valence electrons. The lowest BCUT2D eigenvalue weighted by atomic mass is 10.2. The Morgan fingerprint density at radius 3 is 2.26 bits per heavy atom. The molecule has 0 fully saturated rings. The standard InChI is InChI=1S/C29H27BrClF3N6O4S2/c1-3-39(4-2)46(43,44)22-12-5-18(6-13-22)27(42)35-16-25-37-38-28(40(25)21-10-8-20(30)9-11-21)45-17-26(41)36-24-15-19(29(32,33)34)7-14-23(24)31/h5-15H,3-4,16-17H2,1-2H3,(H,35,42)(H,36,41). The summed E-state index contributed by atoms with van der Waals surface area (Å²) in [6.07, 6.45) is -4.61. The molecule has 0 aliphatic carbocycles. The van der Waals surface area contributed by atoms with Crippen molar-refractivity contribution in [3.63, 3.8) is 0 Å². The summed E-state index contributed by atoms with van der Waals surface area (Å²) in [5.41, 5.74) is -0.291. The summed E-state index contributed by atoms with van der Waals surface area (Å²) in [5, 5.41) is 13.7. The summed E-state index contributed by atoms with van der Waals surface area (Å²) in [6, 6.07) is 15.3. The van der Waals surface area contributed by atoms with Crippen LogP contribution in [0.25, 0.3) is 5.69 Å². The summed E-state index contributed by atoms with van der Waals surface area (Å²) < 4.78 is 68.7. The first-order valence-corrected chi connectivity index (χ1v) is 17.2. The van der Waals surface area contributed by atoms with Crippen LogP contribution in [0.4, 0.5) is 18.9 Å². The van der Waals surface area contributed by atoms with Crippen LogP contribution in [0.1, 0.15) is 35.6 Å². The maximum atomic E-state index is 13.1. The van der Waals surface area contributed by atoms with Crippen LogP contribution in [0.3, 0.4) is 0 Å². The quantitative estimate of drug-likeness (QED) is 0.160. The average molecular weight is 760 g/mol. The Balaban J connectivity index is 1.49. The first kappa shape index (κ1) is 35.4. The highest BCUT2D eigenvalue weighted by Crippen LogP contribution is 2.34. The number of carbonyl (C=O) groups is 2. The SMILES string of the molecule is CCN(CC)S(=O)(=O)c1ccc(C(=O)NCc2nnc(SCC(=O)Nc3cc(C(F)(F)F)ccc3Cl)n2-c2ccc(Br)cc2)cc1. The van der Waals surface area contributed by atoms with Crippen LogP contribution in [-0.4, -0.2) is 58.1 Å². The molecule has 46 heavy (non-hydrogen) atoms. The third-order valence-corrected chi connectivity index (χ3v) is 10.4. The number of halogens is 5. The molecule has 0 aliphatic rings. The van der Waals surface area contributed by atoms with Gasteiger partial charge in [0.2, 0.25) is 15.9 Å². The number of rotatable bonds is 12. The summed E-state index contributed by atoms with van der Waals surface area (Å²) in [4.78, 5) is 25.7. The number of alkyl halides is 3. The van der Waals surface area contributed by atoms with E-state index in [0.717, 1.165) is 34.4 Å². The van der Waals surface area contributed by atoms with Gasteiger partial charge in [-0.2, -0.15) is 17.5 Å². The Bertz CT molecular complexity index is 1820. The second-order valence-electron chi connectivity index (χ2n) is 9.54. The molecule has 4 rings (SSSR count). The van der Waals surface area contributed by atoms with Crippen molar-refractivity contribution in [2.75, 3.05) is 24.2 Å². The lowest BCUT2D eigenvalue weighted by Crippen LogP contribution is -2.30. The van der Waals surface area contributed by atoms with Gasteiger partial charge < -0.3 is 10.6 Å². The third kappa shape index (κ3) is 8.47. The second-order valence-corrected chi connectivity index (χ2v) is 13.7. The van der Waals surface area contributed by atoms with Crippen molar-refractivity contribution in [3.05, 3.63) is 93.2 Å². The first-order valence-electron chi connectivity index (χ1n) is 13.6. The van der Waals surface area contributed by atoms with Gasteiger partial charge in [0.05, 0.1) is 33.5 Å². The molecule has 0 unspecified atom stereocenters. The van der Waals surface area contributed by atoms with Crippen LogP contribution in [0.2, 0.25) is 5.02 Å². The first-order chi connectivity index (χ1) is 21.7. The second kappa shape index (κ2) is 15.0. The van der Waals surface area contributed by atoms with Gasteiger partial charge in [-0.3, -0.25) is 14.2 Å². The number of amides is 2. The van der Waals surface area contributed by atoms with Crippen LogP contribution in [0.5, 0.6) is 0 Å². The molecule has 10 nitrogen and oxygen atoms in total. The summed E-state index contributed by atoms with van der Waals surface area (Å²) in [5.74, 6) is -1.03. The van der Waals surface area contributed by atoms with Crippen molar-refractivity contribution >= 4 is 66.8 Å². The van der Waals surface area contributed by atoms with E-state index >= 15 is 0 Å². The fraction of sp³-hybridized carbons (Fsp3) is 0.241. The number of nitrogens with zero attached hydrogens (tertiary/aromatic N) is 4. The Kier molecular flexibility index (Phi) is 11.5. The van der Waals surface area contributed by atoms with Gasteiger partial charge in [0.15, 0.2) is 11.0 Å². The topological polar surface area (TPSA) is 126 Å². The zero-order valence-corrected chi connectivity index (χ0v) is 28.3. The van der Waals surface area contributed by atoms with Gasteiger partial charge in [0.25, 0.3) is 5.91 Å². The van der Waals surface area contributed by atoms with Gasteiger partial charge in [-0.1, -0.05) is 53.1 Å². The average Bonchev–Trinajstić information content (AvgIpc) is 3.43. The Morgan fingerprint density at radius 1 is 1.00 bits per heavy atom.